The van der Waals surface area contributed by atoms with E-state index < -0.39 is 18.2 Å². The lowest BCUT2D eigenvalue weighted by molar-refractivity contribution is -0.137. The van der Waals surface area contributed by atoms with Gasteiger partial charge in [0.15, 0.2) is 0 Å². The largest absolute Gasteiger partial charge is 0.491 e. The highest BCUT2D eigenvalue weighted by molar-refractivity contribution is 6.30. The number of aliphatic hydroxyl groups excluding tert-OH is 2. The van der Waals surface area contributed by atoms with Crippen LogP contribution < -0.4 is 4.74 Å². The van der Waals surface area contributed by atoms with Crippen molar-refractivity contribution in [1.29, 1.82) is 0 Å². The summed E-state index contributed by atoms with van der Waals surface area (Å²) in [7, 11) is 0. The van der Waals surface area contributed by atoms with Crippen molar-refractivity contribution in [2.75, 3.05) is 13.2 Å². The first-order chi connectivity index (χ1) is 14.9. The van der Waals surface area contributed by atoms with Crippen molar-refractivity contribution in [2.45, 2.75) is 56.8 Å². The highest BCUT2D eigenvalue weighted by Crippen LogP contribution is 2.40. The lowest BCUT2D eigenvalue weighted by Crippen LogP contribution is -2.22. The Balaban J connectivity index is 1.50. The fraction of sp³-hybridized carbons (Fsp3) is 0.542. The first-order valence-electron chi connectivity index (χ1n) is 10.9. The quantitative estimate of drug-likeness (QED) is 0.368. The van der Waals surface area contributed by atoms with Crippen molar-refractivity contribution in [3.05, 3.63) is 53.1 Å². The molecule has 1 aromatic carbocycles. The molecule has 1 saturated carbocycles. The van der Waals surface area contributed by atoms with Gasteiger partial charge >= 0.3 is 5.97 Å². The molecule has 0 radical (unpaired) electrons. The second-order valence-corrected chi connectivity index (χ2v) is 8.75. The molecule has 0 bridgehead atoms. The maximum absolute atomic E-state index is 10.6. The molecule has 0 amide bonds. The zero-order chi connectivity index (χ0) is 22.2. The Hall–Kier alpha value is -1.86. The summed E-state index contributed by atoms with van der Waals surface area (Å²) < 4.78 is 11.6. The van der Waals surface area contributed by atoms with Gasteiger partial charge in [0.05, 0.1) is 18.8 Å². The number of carbonyl (C=O) groups is 1. The number of hydrogen-bond donors (Lipinski definition) is 3. The van der Waals surface area contributed by atoms with Crippen LogP contribution in [0.2, 0.25) is 5.02 Å². The van der Waals surface area contributed by atoms with E-state index in [0.29, 0.717) is 30.2 Å². The number of carboxylic acid groups (broad SMARTS) is 1. The minimum Gasteiger partial charge on any atom is -0.491 e. The number of fused-ring (bicyclic) bond motifs is 1. The van der Waals surface area contributed by atoms with Gasteiger partial charge in [-0.25, -0.2) is 0 Å². The zero-order valence-electron chi connectivity index (χ0n) is 17.5. The van der Waals surface area contributed by atoms with Gasteiger partial charge in [-0.15, -0.1) is 0 Å². The van der Waals surface area contributed by atoms with Crippen molar-refractivity contribution in [3.63, 3.8) is 0 Å². The van der Waals surface area contributed by atoms with Crippen molar-refractivity contribution in [3.8, 4) is 5.75 Å². The number of hydrogen-bond acceptors (Lipinski definition) is 5. The number of halogens is 1. The summed E-state index contributed by atoms with van der Waals surface area (Å²) in [6.45, 7) is 0.637. The van der Waals surface area contributed by atoms with Crippen molar-refractivity contribution in [2.24, 2.45) is 11.8 Å². The number of unbranched alkanes of at least 4 members (excludes halogenated alkanes) is 1. The van der Waals surface area contributed by atoms with E-state index in [2.05, 4.69) is 6.08 Å². The fourth-order valence-electron chi connectivity index (χ4n) is 4.30. The highest BCUT2D eigenvalue weighted by Gasteiger charge is 2.42. The van der Waals surface area contributed by atoms with Gasteiger partial charge in [0.2, 0.25) is 0 Å². The number of allylic oxidation sites excluding steroid dienone is 1. The maximum atomic E-state index is 10.6. The topological polar surface area (TPSA) is 96.2 Å². The molecule has 1 aliphatic carbocycles. The molecule has 0 aromatic heterocycles. The summed E-state index contributed by atoms with van der Waals surface area (Å²) >= 11 is 5.94. The maximum Gasteiger partial charge on any atom is 0.303 e. The van der Waals surface area contributed by atoms with E-state index in [1.165, 1.54) is 5.57 Å². The zero-order valence-corrected chi connectivity index (χ0v) is 18.3. The van der Waals surface area contributed by atoms with Gasteiger partial charge in [0.25, 0.3) is 0 Å². The third-order valence-electron chi connectivity index (χ3n) is 5.96. The monoisotopic (exact) mass is 450 g/mol. The molecule has 7 heteroatoms. The molecule has 1 aromatic rings. The molecule has 1 aliphatic heterocycles. The summed E-state index contributed by atoms with van der Waals surface area (Å²) in [5, 5.41) is 30.1. The summed E-state index contributed by atoms with van der Waals surface area (Å²) in [6, 6.07) is 7.02. The normalized spacial score (nSPS) is 26.9. The molecular formula is C24H31ClO6. The van der Waals surface area contributed by atoms with Crippen LogP contribution in [0.25, 0.3) is 0 Å². The molecule has 170 valence electrons. The molecule has 0 saturated heterocycles. The number of carboxylic acids is 1. The number of benzene rings is 1. The predicted molar refractivity (Wildman–Crippen MR) is 118 cm³/mol. The average Bonchev–Trinajstić information content (AvgIpc) is 2.89. The first kappa shape index (κ1) is 23.8. The van der Waals surface area contributed by atoms with E-state index in [1.54, 1.807) is 30.3 Å². The Kier molecular flexibility index (Phi) is 8.96. The summed E-state index contributed by atoms with van der Waals surface area (Å²) in [5.41, 5.74) is 1.20. The molecule has 2 aliphatic rings. The highest BCUT2D eigenvalue weighted by atomic mass is 35.5. The van der Waals surface area contributed by atoms with Gasteiger partial charge in [-0.3, -0.25) is 4.79 Å². The van der Waals surface area contributed by atoms with Crippen molar-refractivity contribution >= 4 is 17.6 Å². The third kappa shape index (κ3) is 7.35. The minimum atomic E-state index is -0.794. The summed E-state index contributed by atoms with van der Waals surface area (Å²) in [6.07, 6.45) is 8.36. The van der Waals surface area contributed by atoms with Crippen molar-refractivity contribution in [1.82, 2.24) is 0 Å². The van der Waals surface area contributed by atoms with Crippen LogP contribution in [0, 0.1) is 11.8 Å². The molecule has 1 fully saturated rings. The minimum absolute atomic E-state index is 0.0164. The van der Waals surface area contributed by atoms with E-state index in [0.717, 1.165) is 19.3 Å². The molecule has 6 nitrogen and oxygen atoms in total. The SMILES string of the molecule is O=C(O)CCCCC1=CC[C@@H]2[C@@H](/C=C/[C@@H](O)COc3cccc(Cl)c3)[C@H](O)C[C@@H]2OC1. The van der Waals surface area contributed by atoms with Crippen LogP contribution in [0.1, 0.15) is 38.5 Å². The van der Waals surface area contributed by atoms with Crippen LogP contribution in [0.15, 0.2) is 48.1 Å². The smallest absolute Gasteiger partial charge is 0.303 e. The van der Waals surface area contributed by atoms with E-state index in [9.17, 15) is 15.0 Å². The van der Waals surface area contributed by atoms with Crippen LogP contribution in [-0.2, 0) is 9.53 Å². The van der Waals surface area contributed by atoms with E-state index in [1.807, 2.05) is 6.08 Å². The first-order valence-corrected chi connectivity index (χ1v) is 11.2. The number of ether oxygens (including phenoxy) is 2. The van der Waals surface area contributed by atoms with Crippen LogP contribution in [0.4, 0.5) is 0 Å². The molecule has 0 unspecified atom stereocenters. The standard InChI is InChI=1S/C24H31ClO6/c25-17-5-3-6-19(12-17)30-15-18(26)9-11-20-21-10-8-16(4-1-2-7-24(28)29)14-31-23(21)13-22(20)27/h3,5-6,8-9,11-12,18,20-23,26-27H,1-2,4,7,10,13-15H2,(H,28,29)/b11-9+/t18-,20-,21-,22-,23+/m1/s1. The van der Waals surface area contributed by atoms with Crippen LogP contribution in [0.5, 0.6) is 5.75 Å². The fourth-order valence-corrected chi connectivity index (χ4v) is 4.48. The van der Waals surface area contributed by atoms with Crippen LogP contribution in [-0.4, -0.2) is 52.8 Å². The van der Waals surface area contributed by atoms with Crippen LogP contribution in [0.3, 0.4) is 0 Å². The average molecular weight is 451 g/mol. The molecule has 31 heavy (non-hydrogen) atoms. The Morgan fingerprint density at radius 3 is 2.97 bits per heavy atom. The Labute approximate surface area is 188 Å². The second-order valence-electron chi connectivity index (χ2n) is 8.31. The number of aliphatic carboxylic acids is 1. The second kappa shape index (κ2) is 11.7. The van der Waals surface area contributed by atoms with Gasteiger partial charge in [-0.2, -0.15) is 0 Å². The van der Waals surface area contributed by atoms with E-state index in [-0.39, 0.29) is 31.0 Å². The Morgan fingerprint density at radius 1 is 1.35 bits per heavy atom. The molecule has 3 N–H and O–H groups in total. The van der Waals surface area contributed by atoms with Crippen LogP contribution >= 0.6 is 11.6 Å². The van der Waals surface area contributed by atoms with Gasteiger partial charge in [-0.1, -0.05) is 35.9 Å². The van der Waals surface area contributed by atoms with Gasteiger partial charge < -0.3 is 24.8 Å². The van der Waals surface area contributed by atoms with E-state index in [4.69, 9.17) is 26.2 Å². The number of rotatable bonds is 10. The predicted octanol–water partition coefficient (Wildman–Crippen LogP) is 3.99. The summed E-state index contributed by atoms with van der Waals surface area (Å²) in [5.74, 6) is -0.0965. The van der Waals surface area contributed by atoms with Gasteiger partial charge in [0.1, 0.15) is 18.5 Å². The summed E-state index contributed by atoms with van der Waals surface area (Å²) in [4.78, 5) is 10.6. The van der Waals surface area contributed by atoms with Gasteiger partial charge in [-0.05, 0) is 55.4 Å². The molecule has 0 spiro atoms. The van der Waals surface area contributed by atoms with Crippen molar-refractivity contribution < 1.29 is 29.6 Å². The van der Waals surface area contributed by atoms with Gasteiger partial charge in [0, 0.05) is 23.8 Å². The third-order valence-corrected chi connectivity index (χ3v) is 6.20. The molecular weight excluding hydrogens is 420 g/mol. The van der Waals surface area contributed by atoms with E-state index >= 15 is 0 Å². The molecule has 5 atom stereocenters. The lowest BCUT2D eigenvalue weighted by Gasteiger charge is -2.20. The Morgan fingerprint density at radius 2 is 2.19 bits per heavy atom. The molecule has 3 rings (SSSR count). The molecule has 1 heterocycles. The lowest BCUT2D eigenvalue weighted by atomic mass is 9.89. The Bertz CT molecular complexity index is 792. The number of aliphatic hydroxyl groups is 2.